The van der Waals surface area contributed by atoms with E-state index in [4.69, 9.17) is 10.5 Å². The van der Waals surface area contributed by atoms with Gasteiger partial charge < -0.3 is 20.7 Å². The van der Waals surface area contributed by atoms with Gasteiger partial charge in [-0.1, -0.05) is 24.3 Å². The van der Waals surface area contributed by atoms with Crippen LogP contribution in [-0.2, 0) is 11.2 Å². The summed E-state index contributed by atoms with van der Waals surface area (Å²) < 4.78 is 5.31. The predicted octanol–water partition coefficient (Wildman–Crippen LogP) is 3.84. The van der Waals surface area contributed by atoms with Crippen LogP contribution in [0.25, 0.3) is 0 Å². The number of nitrogens with one attached hydrogen (secondary N) is 1. The molecular formula is C21H29Cl2N3O2. The summed E-state index contributed by atoms with van der Waals surface area (Å²) >= 11 is 0. The minimum absolute atomic E-state index is 0. The number of hydrogen-bond acceptors (Lipinski definition) is 4. The van der Waals surface area contributed by atoms with Gasteiger partial charge in [-0.05, 0) is 43.0 Å². The lowest BCUT2D eigenvalue weighted by atomic mass is 10.0. The quantitative estimate of drug-likeness (QED) is 0.689. The molecule has 1 unspecified atom stereocenters. The van der Waals surface area contributed by atoms with E-state index < -0.39 is 0 Å². The van der Waals surface area contributed by atoms with Crippen LogP contribution in [0.5, 0.6) is 5.75 Å². The Kier molecular flexibility index (Phi) is 9.97. The van der Waals surface area contributed by atoms with Crippen LogP contribution in [0.15, 0.2) is 48.5 Å². The Balaban J connectivity index is 0.00000196. The fraction of sp³-hybridized carbons (Fsp3) is 0.381. The summed E-state index contributed by atoms with van der Waals surface area (Å²) in [5.41, 5.74) is 8.87. The molecule has 2 aromatic carbocycles. The number of rotatable bonds is 6. The van der Waals surface area contributed by atoms with E-state index in [-0.39, 0.29) is 36.8 Å². The van der Waals surface area contributed by atoms with E-state index in [1.807, 2.05) is 42.5 Å². The Morgan fingerprint density at radius 3 is 2.75 bits per heavy atom. The Hall–Kier alpha value is -2.11. The normalized spacial score (nSPS) is 15.8. The Labute approximate surface area is 179 Å². The van der Waals surface area contributed by atoms with Crippen molar-refractivity contribution in [3.05, 3.63) is 54.1 Å². The van der Waals surface area contributed by atoms with E-state index in [1.54, 1.807) is 7.11 Å². The van der Waals surface area contributed by atoms with Gasteiger partial charge in [-0.25, -0.2) is 0 Å². The SMILES string of the molecule is COc1cccc(N2CCCC(NC(=O)CCc3ccccc3N)C2)c1.Cl.Cl. The predicted molar refractivity (Wildman–Crippen MR) is 120 cm³/mol. The van der Waals surface area contributed by atoms with E-state index in [2.05, 4.69) is 16.3 Å². The van der Waals surface area contributed by atoms with Crippen molar-refractivity contribution < 1.29 is 9.53 Å². The second-order valence-electron chi connectivity index (χ2n) is 6.75. The zero-order valence-corrected chi connectivity index (χ0v) is 17.7. The van der Waals surface area contributed by atoms with E-state index >= 15 is 0 Å². The number of carbonyl (C=O) groups excluding carboxylic acids is 1. The highest BCUT2D eigenvalue weighted by molar-refractivity contribution is 5.85. The molecule has 0 spiro atoms. The molecule has 1 aliphatic rings. The first-order valence-electron chi connectivity index (χ1n) is 9.17. The van der Waals surface area contributed by atoms with Crippen molar-refractivity contribution >= 4 is 42.1 Å². The van der Waals surface area contributed by atoms with E-state index in [0.29, 0.717) is 12.8 Å². The molecule has 0 saturated carbocycles. The summed E-state index contributed by atoms with van der Waals surface area (Å²) in [6.07, 6.45) is 3.21. The van der Waals surface area contributed by atoms with Gasteiger partial charge in [0.15, 0.2) is 0 Å². The monoisotopic (exact) mass is 425 g/mol. The van der Waals surface area contributed by atoms with Crippen molar-refractivity contribution in [1.29, 1.82) is 0 Å². The lowest BCUT2D eigenvalue weighted by Gasteiger charge is -2.35. The molecule has 3 N–H and O–H groups in total. The van der Waals surface area contributed by atoms with Gasteiger partial charge in [0, 0.05) is 43.0 Å². The second-order valence-corrected chi connectivity index (χ2v) is 6.75. The minimum atomic E-state index is 0. The number of halogens is 2. The highest BCUT2D eigenvalue weighted by Gasteiger charge is 2.21. The summed E-state index contributed by atoms with van der Waals surface area (Å²) in [6, 6.07) is 16.0. The molecule has 1 fully saturated rings. The van der Waals surface area contributed by atoms with Gasteiger partial charge in [-0.15, -0.1) is 24.8 Å². The summed E-state index contributed by atoms with van der Waals surface area (Å²) in [6.45, 7) is 1.83. The van der Waals surface area contributed by atoms with Gasteiger partial charge >= 0.3 is 0 Å². The minimum Gasteiger partial charge on any atom is -0.497 e. The van der Waals surface area contributed by atoms with Gasteiger partial charge in [-0.3, -0.25) is 4.79 Å². The molecule has 0 aliphatic carbocycles. The maximum atomic E-state index is 12.3. The fourth-order valence-electron chi connectivity index (χ4n) is 3.45. The number of carbonyl (C=O) groups is 1. The number of aryl methyl sites for hydroxylation is 1. The van der Waals surface area contributed by atoms with Crippen LogP contribution in [-0.4, -0.2) is 32.1 Å². The van der Waals surface area contributed by atoms with Gasteiger partial charge in [0.05, 0.1) is 7.11 Å². The molecule has 28 heavy (non-hydrogen) atoms. The van der Waals surface area contributed by atoms with Crippen molar-refractivity contribution in [3.8, 4) is 5.75 Å². The van der Waals surface area contributed by atoms with Crippen molar-refractivity contribution in [1.82, 2.24) is 5.32 Å². The van der Waals surface area contributed by atoms with Crippen LogP contribution in [0.3, 0.4) is 0 Å². The first-order chi connectivity index (χ1) is 12.7. The van der Waals surface area contributed by atoms with Crippen LogP contribution < -0.4 is 20.7 Å². The summed E-state index contributed by atoms with van der Waals surface area (Å²) in [5.74, 6) is 0.944. The van der Waals surface area contributed by atoms with Crippen LogP contribution in [0.1, 0.15) is 24.8 Å². The molecule has 7 heteroatoms. The van der Waals surface area contributed by atoms with Crippen LogP contribution in [0, 0.1) is 0 Å². The number of anilines is 2. The number of methoxy groups -OCH3 is 1. The van der Waals surface area contributed by atoms with Crippen molar-refractivity contribution in [3.63, 3.8) is 0 Å². The smallest absolute Gasteiger partial charge is 0.220 e. The van der Waals surface area contributed by atoms with E-state index in [9.17, 15) is 4.79 Å². The Morgan fingerprint density at radius 1 is 1.21 bits per heavy atom. The lowest BCUT2D eigenvalue weighted by molar-refractivity contribution is -0.121. The average Bonchev–Trinajstić information content (AvgIpc) is 2.67. The molecule has 0 aromatic heterocycles. The van der Waals surface area contributed by atoms with Gasteiger partial charge in [0.1, 0.15) is 5.75 Å². The molecule has 1 saturated heterocycles. The molecule has 5 nitrogen and oxygen atoms in total. The molecule has 0 radical (unpaired) electrons. The van der Waals surface area contributed by atoms with Crippen LogP contribution in [0.2, 0.25) is 0 Å². The number of nitrogens with two attached hydrogens (primary N) is 1. The molecule has 1 amide bonds. The van der Waals surface area contributed by atoms with E-state index in [0.717, 1.165) is 48.6 Å². The summed E-state index contributed by atoms with van der Waals surface area (Å²) in [5, 5.41) is 3.18. The molecule has 1 atom stereocenters. The molecular weight excluding hydrogens is 397 g/mol. The van der Waals surface area contributed by atoms with Crippen LogP contribution in [0.4, 0.5) is 11.4 Å². The fourth-order valence-corrected chi connectivity index (χ4v) is 3.45. The zero-order valence-electron chi connectivity index (χ0n) is 16.1. The van der Waals surface area contributed by atoms with Crippen molar-refractivity contribution in [2.75, 3.05) is 30.8 Å². The zero-order chi connectivity index (χ0) is 18.4. The number of ether oxygens (including phenoxy) is 1. The average molecular weight is 426 g/mol. The number of benzene rings is 2. The standard InChI is InChI=1S/C21H27N3O2.2ClH/c1-26-19-9-4-8-18(14-19)24-13-5-7-17(15-24)23-21(25)12-11-16-6-2-3-10-20(16)22;;/h2-4,6,8-10,14,17H,5,7,11-13,15,22H2,1H3,(H,23,25);2*1H. The van der Waals surface area contributed by atoms with Crippen LogP contribution >= 0.6 is 24.8 Å². The second kappa shape index (κ2) is 11.7. The van der Waals surface area contributed by atoms with Gasteiger partial charge in [0.2, 0.25) is 5.91 Å². The molecule has 0 bridgehead atoms. The first-order valence-corrected chi connectivity index (χ1v) is 9.17. The first kappa shape index (κ1) is 23.9. The molecule has 2 aromatic rings. The number of piperidine rings is 1. The van der Waals surface area contributed by atoms with Crippen molar-refractivity contribution in [2.24, 2.45) is 0 Å². The van der Waals surface area contributed by atoms with Gasteiger partial charge in [0.25, 0.3) is 0 Å². The largest absolute Gasteiger partial charge is 0.497 e. The highest BCUT2D eigenvalue weighted by atomic mass is 35.5. The third kappa shape index (κ3) is 6.50. The molecule has 1 aliphatic heterocycles. The number of para-hydroxylation sites is 1. The van der Waals surface area contributed by atoms with Gasteiger partial charge in [-0.2, -0.15) is 0 Å². The topological polar surface area (TPSA) is 67.6 Å². The maximum absolute atomic E-state index is 12.3. The number of nitrogen functional groups attached to an aromatic ring is 1. The van der Waals surface area contributed by atoms with Crippen molar-refractivity contribution in [2.45, 2.75) is 31.7 Å². The molecule has 3 rings (SSSR count). The Morgan fingerprint density at radius 2 is 2.00 bits per heavy atom. The number of hydrogen-bond donors (Lipinski definition) is 2. The molecule has 154 valence electrons. The third-order valence-corrected chi connectivity index (χ3v) is 4.88. The summed E-state index contributed by atoms with van der Waals surface area (Å²) in [4.78, 5) is 14.7. The highest BCUT2D eigenvalue weighted by Crippen LogP contribution is 2.24. The maximum Gasteiger partial charge on any atom is 0.220 e. The number of amides is 1. The summed E-state index contributed by atoms with van der Waals surface area (Å²) in [7, 11) is 1.68. The lowest BCUT2D eigenvalue weighted by Crippen LogP contribution is -2.47. The number of nitrogens with zero attached hydrogens (tertiary/aromatic N) is 1. The Bertz CT molecular complexity index is 758. The third-order valence-electron chi connectivity index (χ3n) is 4.88. The molecule has 1 heterocycles. The van der Waals surface area contributed by atoms with E-state index in [1.165, 1.54) is 0 Å².